The van der Waals surface area contributed by atoms with Crippen molar-refractivity contribution in [3.8, 4) is 6.07 Å². The highest BCUT2D eigenvalue weighted by Gasteiger charge is 2.33. The van der Waals surface area contributed by atoms with Gasteiger partial charge >= 0.3 is 0 Å². The van der Waals surface area contributed by atoms with Gasteiger partial charge in [0.15, 0.2) is 0 Å². The van der Waals surface area contributed by atoms with E-state index in [9.17, 15) is 12.8 Å². The maximum atomic E-state index is 13.7. The first-order valence-corrected chi connectivity index (χ1v) is 8.55. The topological polar surface area (TPSA) is 70.4 Å². The molecule has 22 heavy (non-hydrogen) atoms. The molecule has 0 aromatic heterocycles. The summed E-state index contributed by atoms with van der Waals surface area (Å²) in [5.74, 6) is -0.819. The molecule has 5 nitrogen and oxygen atoms in total. The lowest BCUT2D eigenvalue weighted by Crippen LogP contribution is -2.40. The smallest absolute Gasteiger partial charge is 0.244 e. The first-order chi connectivity index (χ1) is 10.4. The number of hydrogen-bond donors (Lipinski definition) is 0. The molecule has 0 heterocycles. The van der Waals surface area contributed by atoms with Crippen LogP contribution in [0.3, 0.4) is 0 Å². The van der Waals surface area contributed by atoms with Crippen molar-refractivity contribution in [2.75, 3.05) is 14.2 Å². The van der Waals surface area contributed by atoms with E-state index >= 15 is 0 Å². The Kier molecular flexibility index (Phi) is 5.16. The van der Waals surface area contributed by atoms with Crippen molar-refractivity contribution in [2.45, 2.75) is 42.7 Å². The van der Waals surface area contributed by atoms with E-state index in [0.29, 0.717) is 12.8 Å². The Balaban J connectivity index is 2.28. The van der Waals surface area contributed by atoms with Crippen LogP contribution in [-0.4, -0.2) is 39.0 Å². The molecule has 0 amide bonds. The van der Waals surface area contributed by atoms with Gasteiger partial charge < -0.3 is 4.74 Å². The molecule has 1 aliphatic rings. The Morgan fingerprint density at radius 2 is 1.95 bits per heavy atom. The Morgan fingerprint density at radius 3 is 2.50 bits per heavy atom. The second-order valence-electron chi connectivity index (χ2n) is 5.41. The average molecular weight is 326 g/mol. The van der Waals surface area contributed by atoms with Gasteiger partial charge in [-0.3, -0.25) is 0 Å². The quantitative estimate of drug-likeness (QED) is 0.851. The summed E-state index contributed by atoms with van der Waals surface area (Å²) in [6.45, 7) is 0. The van der Waals surface area contributed by atoms with Crippen molar-refractivity contribution in [1.29, 1.82) is 5.26 Å². The third-order valence-electron chi connectivity index (χ3n) is 4.24. The summed E-state index contributed by atoms with van der Waals surface area (Å²) in [6.07, 6.45) is 3.11. The van der Waals surface area contributed by atoms with Crippen molar-refractivity contribution in [2.24, 2.45) is 0 Å². The van der Waals surface area contributed by atoms with Crippen LogP contribution < -0.4 is 0 Å². The van der Waals surface area contributed by atoms with Gasteiger partial charge in [-0.1, -0.05) is 6.07 Å². The molecule has 0 N–H and O–H groups in total. The molecule has 0 radical (unpaired) electrons. The van der Waals surface area contributed by atoms with Crippen molar-refractivity contribution in [3.63, 3.8) is 0 Å². The molecule has 0 unspecified atom stereocenters. The fraction of sp³-hybridized carbons (Fsp3) is 0.533. The number of hydrogen-bond acceptors (Lipinski definition) is 4. The van der Waals surface area contributed by atoms with Gasteiger partial charge in [-0.2, -0.15) is 9.57 Å². The predicted molar refractivity (Wildman–Crippen MR) is 79.1 cm³/mol. The summed E-state index contributed by atoms with van der Waals surface area (Å²) in [5.41, 5.74) is -0.431. The van der Waals surface area contributed by atoms with Crippen LogP contribution in [0.1, 0.15) is 31.2 Å². The number of sulfonamides is 1. The minimum absolute atomic E-state index is 0.161. The number of methoxy groups -OCH3 is 1. The standard InChI is InChI=1S/C15H19FN2O3S/c1-18(11-6-8-12(21-2)9-7-11)22(19,20)15-5-3-4-14(16)13(15)10-17/h3-5,11-12H,6-9H2,1-2H3. The molecule has 0 bridgehead atoms. The van der Waals surface area contributed by atoms with Crippen molar-refractivity contribution in [1.82, 2.24) is 4.31 Å². The zero-order valence-electron chi connectivity index (χ0n) is 12.6. The van der Waals surface area contributed by atoms with Gasteiger partial charge in [-0.05, 0) is 37.8 Å². The lowest BCUT2D eigenvalue weighted by molar-refractivity contribution is 0.0553. The Bertz CT molecular complexity index is 677. The second-order valence-corrected chi connectivity index (χ2v) is 7.38. The molecule has 1 aromatic rings. The summed E-state index contributed by atoms with van der Waals surface area (Å²) in [4.78, 5) is -0.272. The van der Waals surface area contributed by atoms with E-state index in [1.54, 1.807) is 13.2 Å². The Labute approximate surface area is 130 Å². The normalized spacial score (nSPS) is 22.5. The monoisotopic (exact) mass is 326 g/mol. The van der Waals surface area contributed by atoms with E-state index in [1.807, 2.05) is 0 Å². The summed E-state index contributed by atoms with van der Waals surface area (Å²) < 4.78 is 45.6. The lowest BCUT2D eigenvalue weighted by atomic mass is 9.93. The average Bonchev–Trinajstić information content (AvgIpc) is 2.54. The molecule has 0 saturated heterocycles. The third kappa shape index (κ3) is 3.14. The number of nitriles is 1. The van der Waals surface area contributed by atoms with Crippen LogP contribution in [0.25, 0.3) is 0 Å². The molecule has 1 saturated carbocycles. The van der Waals surface area contributed by atoms with Crippen LogP contribution in [0.15, 0.2) is 23.1 Å². The molecule has 7 heteroatoms. The molecular formula is C15H19FN2O3S. The SMILES string of the molecule is COC1CCC(N(C)S(=O)(=O)c2cccc(F)c2C#N)CC1. The number of halogens is 1. The number of rotatable bonds is 4. The minimum Gasteiger partial charge on any atom is -0.381 e. The number of ether oxygens (including phenoxy) is 1. The van der Waals surface area contributed by atoms with E-state index in [0.717, 1.165) is 18.9 Å². The first-order valence-electron chi connectivity index (χ1n) is 7.11. The predicted octanol–water partition coefficient (Wildman–Crippen LogP) is 2.28. The van der Waals surface area contributed by atoms with Crippen LogP contribution >= 0.6 is 0 Å². The molecule has 0 aliphatic heterocycles. The number of nitrogens with zero attached hydrogens (tertiary/aromatic N) is 2. The maximum absolute atomic E-state index is 13.7. The summed E-state index contributed by atoms with van der Waals surface area (Å²) in [6, 6.07) is 5.14. The van der Waals surface area contributed by atoms with Gasteiger partial charge in [-0.15, -0.1) is 0 Å². The van der Waals surface area contributed by atoms with Crippen LogP contribution in [0.2, 0.25) is 0 Å². The zero-order valence-corrected chi connectivity index (χ0v) is 13.4. The van der Waals surface area contributed by atoms with E-state index in [2.05, 4.69) is 0 Å². The fourth-order valence-electron chi connectivity index (χ4n) is 2.82. The molecule has 0 atom stereocenters. The van der Waals surface area contributed by atoms with E-state index in [4.69, 9.17) is 10.00 Å². The van der Waals surface area contributed by atoms with Crippen LogP contribution in [0, 0.1) is 17.1 Å². The van der Waals surface area contributed by atoms with E-state index < -0.39 is 21.4 Å². The molecule has 1 fully saturated rings. The van der Waals surface area contributed by atoms with Crippen LogP contribution in [-0.2, 0) is 14.8 Å². The van der Waals surface area contributed by atoms with Crippen molar-refractivity contribution in [3.05, 3.63) is 29.6 Å². The van der Waals surface area contributed by atoms with Crippen LogP contribution in [0.5, 0.6) is 0 Å². The van der Waals surface area contributed by atoms with Gasteiger partial charge in [0, 0.05) is 20.2 Å². The van der Waals surface area contributed by atoms with E-state index in [1.165, 1.54) is 23.5 Å². The summed E-state index contributed by atoms with van der Waals surface area (Å²) >= 11 is 0. The molecule has 120 valence electrons. The van der Waals surface area contributed by atoms with Crippen molar-refractivity contribution < 1.29 is 17.5 Å². The Morgan fingerprint density at radius 1 is 1.32 bits per heavy atom. The largest absolute Gasteiger partial charge is 0.381 e. The third-order valence-corrected chi connectivity index (χ3v) is 6.19. The molecule has 1 aliphatic carbocycles. The first kappa shape index (κ1) is 16.9. The van der Waals surface area contributed by atoms with Gasteiger partial charge in [-0.25, -0.2) is 12.8 Å². The van der Waals surface area contributed by atoms with E-state index in [-0.39, 0.29) is 17.0 Å². The molecule has 1 aromatic carbocycles. The highest BCUT2D eigenvalue weighted by atomic mass is 32.2. The fourth-order valence-corrected chi connectivity index (χ4v) is 4.39. The Hall–Kier alpha value is -1.49. The van der Waals surface area contributed by atoms with Gasteiger partial charge in [0.25, 0.3) is 0 Å². The van der Waals surface area contributed by atoms with Crippen LogP contribution in [0.4, 0.5) is 4.39 Å². The summed E-state index contributed by atoms with van der Waals surface area (Å²) in [5, 5.41) is 9.03. The maximum Gasteiger partial charge on any atom is 0.244 e. The highest BCUT2D eigenvalue weighted by Crippen LogP contribution is 2.29. The lowest BCUT2D eigenvalue weighted by Gasteiger charge is -2.33. The molecule has 0 spiro atoms. The van der Waals surface area contributed by atoms with Gasteiger partial charge in [0.05, 0.1) is 6.10 Å². The van der Waals surface area contributed by atoms with Gasteiger partial charge in [0.1, 0.15) is 22.3 Å². The minimum atomic E-state index is -3.90. The second kappa shape index (κ2) is 6.73. The van der Waals surface area contributed by atoms with Crippen molar-refractivity contribution >= 4 is 10.0 Å². The molecular weight excluding hydrogens is 307 g/mol. The number of benzene rings is 1. The highest BCUT2D eigenvalue weighted by molar-refractivity contribution is 7.89. The summed E-state index contributed by atoms with van der Waals surface area (Å²) in [7, 11) is -0.763. The van der Waals surface area contributed by atoms with Gasteiger partial charge in [0.2, 0.25) is 10.0 Å². The zero-order chi connectivity index (χ0) is 16.3. The molecule has 2 rings (SSSR count).